The van der Waals surface area contributed by atoms with Crippen LogP contribution in [0.4, 0.5) is 0 Å². The maximum Gasteiger partial charge on any atom is 0.303 e. The zero-order valence-electron chi connectivity index (χ0n) is 15.7. The molecule has 0 amide bonds. The summed E-state index contributed by atoms with van der Waals surface area (Å²) in [6.45, 7) is 3.16. The van der Waals surface area contributed by atoms with Gasteiger partial charge in [0.25, 0.3) is 0 Å². The summed E-state index contributed by atoms with van der Waals surface area (Å²) in [4.78, 5) is 23.9. The number of carbonyl (C=O) groups is 2. The second-order valence-corrected chi connectivity index (χ2v) is 11.2. The number of esters is 2. The Bertz CT molecular complexity index is 665. The molecule has 10 rings (SSSR count). The maximum absolute atomic E-state index is 11.9. The van der Waals surface area contributed by atoms with E-state index in [0.717, 1.165) is 85.9 Å². The van der Waals surface area contributed by atoms with Crippen molar-refractivity contribution in [2.75, 3.05) is 0 Å². The molecule has 0 radical (unpaired) electrons. The molecule has 10 aliphatic rings. The standard InChI is InChI=1S/C22H28O4/c1-10(23)25-20-4-14-12-3-13-16-6-21(26-11(2)24)7-17(13)19(15(12)5-20)22(8-20,9-21)18(14)16/h12-19H,3-9H2,1-2H3/t12?,13?,14-,15-,16-,17+,18?,19?,20?,21?,22?/m0/s1. The molecule has 0 aromatic rings. The Balaban J connectivity index is 1.40. The first-order chi connectivity index (χ1) is 12.4. The van der Waals surface area contributed by atoms with Crippen LogP contribution in [0, 0.1) is 52.8 Å². The Morgan fingerprint density at radius 1 is 0.692 bits per heavy atom. The van der Waals surface area contributed by atoms with Gasteiger partial charge in [0.1, 0.15) is 11.2 Å². The summed E-state index contributed by atoms with van der Waals surface area (Å²) in [5.74, 6) is 6.23. The third kappa shape index (κ3) is 1.40. The Morgan fingerprint density at radius 2 is 1.08 bits per heavy atom. The second-order valence-electron chi connectivity index (χ2n) is 11.2. The molecule has 0 aromatic heterocycles. The smallest absolute Gasteiger partial charge is 0.303 e. The quantitative estimate of drug-likeness (QED) is 0.712. The lowest BCUT2D eigenvalue weighted by Gasteiger charge is -2.85. The molecule has 140 valence electrons. The molecule has 0 N–H and O–H groups in total. The Labute approximate surface area is 154 Å². The van der Waals surface area contributed by atoms with E-state index in [1.807, 2.05) is 0 Å². The topological polar surface area (TPSA) is 52.6 Å². The normalized spacial score (nSPS) is 64.2. The highest BCUT2D eigenvalue weighted by molar-refractivity contribution is 5.67. The highest BCUT2D eigenvalue weighted by atomic mass is 16.6. The SMILES string of the molecule is CC(=O)OC12C[C@@H]3C4CC5[C@@H]6CC7(OC(C)=O)C[C@@H]5C([C@H]4C1)C(C2)(C7)C36. The lowest BCUT2D eigenvalue weighted by Crippen LogP contribution is -2.82. The Kier molecular flexibility index (Phi) is 2.31. The van der Waals surface area contributed by atoms with E-state index in [2.05, 4.69) is 0 Å². The van der Waals surface area contributed by atoms with Crippen LogP contribution in [0.3, 0.4) is 0 Å². The second kappa shape index (κ2) is 4.03. The van der Waals surface area contributed by atoms with E-state index in [-0.39, 0.29) is 28.6 Å². The zero-order chi connectivity index (χ0) is 17.6. The van der Waals surface area contributed by atoms with Gasteiger partial charge in [-0.3, -0.25) is 9.59 Å². The third-order valence-corrected chi connectivity index (χ3v) is 10.4. The van der Waals surface area contributed by atoms with Crippen LogP contribution < -0.4 is 0 Å². The lowest BCUT2D eigenvalue weighted by atomic mass is 9.21. The molecular weight excluding hydrogens is 328 g/mol. The first-order valence-corrected chi connectivity index (χ1v) is 10.7. The summed E-state index contributed by atoms with van der Waals surface area (Å²) in [6, 6.07) is 0. The van der Waals surface area contributed by atoms with Crippen molar-refractivity contribution in [2.24, 2.45) is 52.8 Å². The minimum absolute atomic E-state index is 0.104. The fourth-order valence-corrected chi connectivity index (χ4v) is 11.1. The van der Waals surface area contributed by atoms with Crippen molar-refractivity contribution >= 4 is 11.9 Å². The Hall–Kier alpha value is -1.06. The molecule has 4 heteroatoms. The summed E-state index contributed by atoms with van der Waals surface area (Å²) in [6.07, 6.45) is 7.96. The molecule has 26 heavy (non-hydrogen) atoms. The number of ether oxygens (including phenoxy) is 2. The van der Waals surface area contributed by atoms with E-state index in [9.17, 15) is 9.59 Å². The summed E-state index contributed by atoms with van der Waals surface area (Å²) in [7, 11) is 0. The molecule has 4 nitrogen and oxygen atoms in total. The molecule has 10 fully saturated rings. The molecule has 0 aromatic carbocycles. The van der Waals surface area contributed by atoms with Gasteiger partial charge in [0.2, 0.25) is 0 Å². The first kappa shape index (κ1) is 14.9. The van der Waals surface area contributed by atoms with Crippen LogP contribution in [0.15, 0.2) is 0 Å². The van der Waals surface area contributed by atoms with Gasteiger partial charge in [-0.05, 0) is 97.7 Å². The van der Waals surface area contributed by atoms with Gasteiger partial charge >= 0.3 is 11.9 Å². The molecule has 10 aliphatic carbocycles. The van der Waals surface area contributed by atoms with E-state index in [0.29, 0.717) is 0 Å². The van der Waals surface area contributed by atoms with Crippen molar-refractivity contribution < 1.29 is 19.1 Å². The molecule has 11 bridgehead atoms. The van der Waals surface area contributed by atoms with Crippen molar-refractivity contribution in [3.63, 3.8) is 0 Å². The fraction of sp³-hybridized carbons (Fsp3) is 0.909. The van der Waals surface area contributed by atoms with E-state index in [4.69, 9.17) is 9.47 Å². The van der Waals surface area contributed by atoms with E-state index in [1.54, 1.807) is 13.8 Å². The van der Waals surface area contributed by atoms with Crippen molar-refractivity contribution in [3.05, 3.63) is 0 Å². The predicted octanol–water partition coefficient (Wildman–Crippen LogP) is 3.33. The van der Waals surface area contributed by atoms with Gasteiger partial charge in [-0.25, -0.2) is 0 Å². The minimum atomic E-state index is -0.208. The van der Waals surface area contributed by atoms with Crippen molar-refractivity contribution in [1.29, 1.82) is 0 Å². The van der Waals surface area contributed by atoms with Crippen LogP contribution >= 0.6 is 0 Å². The monoisotopic (exact) mass is 356 g/mol. The number of hydrogen-bond acceptors (Lipinski definition) is 4. The van der Waals surface area contributed by atoms with Gasteiger partial charge in [0.15, 0.2) is 0 Å². The molecule has 7 unspecified atom stereocenters. The summed E-state index contributed by atoms with van der Waals surface area (Å²) in [5, 5.41) is 0. The highest BCUT2D eigenvalue weighted by Gasteiger charge is 2.83. The molecule has 0 heterocycles. The summed E-state index contributed by atoms with van der Waals surface area (Å²) >= 11 is 0. The number of carbonyl (C=O) groups excluding carboxylic acids is 2. The predicted molar refractivity (Wildman–Crippen MR) is 91.7 cm³/mol. The van der Waals surface area contributed by atoms with Crippen molar-refractivity contribution in [3.8, 4) is 0 Å². The van der Waals surface area contributed by atoms with E-state index < -0.39 is 0 Å². The van der Waals surface area contributed by atoms with Gasteiger partial charge in [0, 0.05) is 13.8 Å². The van der Waals surface area contributed by atoms with Crippen molar-refractivity contribution in [2.45, 2.75) is 70.0 Å². The maximum atomic E-state index is 11.9. The zero-order valence-corrected chi connectivity index (χ0v) is 15.7. The number of hydrogen-bond donors (Lipinski definition) is 0. The van der Waals surface area contributed by atoms with Crippen LogP contribution in [-0.4, -0.2) is 23.1 Å². The molecule has 0 saturated heterocycles. The molecule has 0 aliphatic heterocycles. The van der Waals surface area contributed by atoms with E-state index in [1.165, 1.54) is 6.42 Å². The molecule has 1 spiro atoms. The largest absolute Gasteiger partial charge is 0.459 e. The van der Waals surface area contributed by atoms with Crippen LogP contribution in [0.1, 0.15) is 58.8 Å². The average Bonchev–Trinajstić information content (AvgIpc) is 2.50. The van der Waals surface area contributed by atoms with Gasteiger partial charge < -0.3 is 9.47 Å². The highest BCUT2D eigenvalue weighted by Crippen LogP contribution is 2.86. The van der Waals surface area contributed by atoms with Crippen LogP contribution in [0.5, 0.6) is 0 Å². The lowest BCUT2D eigenvalue weighted by molar-refractivity contribution is -0.391. The van der Waals surface area contributed by atoms with Gasteiger partial charge in [-0.2, -0.15) is 0 Å². The first-order valence-electron chi connectivity index (χ1n) is 10.7. The van der Waals surface area contributed by atoms with Gasteiger partial charge in [0.05, 0.1) is 0 Å². The van der Waals surface area contributed by atoms with Crippen LogP contribution in [0.25, 0.3) is 0 Å². The van der Waals surface area contributed by atoms with E-state index >= 15 is 0 Å². The summed E-state index contributed by atoms with van der Waals surface area (Å²) in [5.41, 5.74) is -0.128. The third-order valence-electron chi connectivity index (χ3n) is 10.4. The van der Waals surface area contributed by atoms with Crippen LogP contribution in [-0.2, 0) is 19.1 Å². The average molecular weight is 356 g/mol. The summed E-state index contributed by atoms with van der Waals surface area (Å²) < 4.78 is 12.2. The van der Waals surface area contributed by atoms with Gasteiger partial charge in [-0.1, -0.05) is 0 Å². The van der Waals surface area contributed by atoms with Gasteiger partial charge in [-0.15, -0.1) is 0 Å². The fourth-order valence-electron chi connectivity index (χ4n) is 11.1. The number of rotatable bonds is 2. The molecule has 10 saturated carbocycles. The Morgan fingerprint density at radius 3 is 1.42 bits per heavy atom. The molecule has 11 atom stereocenters. The van der Waals surface area contributed by atoms with Crippen molar-refractivity contribution in [1.82, 2.24) is 0 Å². The molecular formula is C22H28O4. The van der Waals surface area contributed by atoms with Crippen LogP contribution in [0.2, 0.25) is 0 Å². The minimum Gasteiger partial charge on any atom is -0.459 e.